The maximum absolute atomic E-state index is 12.7. The van der Waals surface area contributed by atoms with E-state index in [9.17, 15) is 9.59 Å². The monoisotopic (exact) mass is 322 g/mol. The molecule has 0 saturated carbocycles. The van der Waals surface area contributed by atoms with Crippen LogP contribution in [0.5, 0.6) is 0 Å². The number of hydrogen-bond acceptors (Lipinski definition) is 3. The van der Waals surface area contributed by atoms with Gasteiger partial charge in [-0.2, -0.15) is 0 Å². The summed E-state index contributed by atoms with van der Waals surface area (Å²) in [5, 5.41) is 2.20. The summed E-state index contributed by atoms with van der Waals surface area (Å²) >= 11 is 0. The Labute approximate surface area is 142 Å². The lowest BCUT2D eigenvalue weighted by Gasteiger charge is -2.30. The summed E-state index contributed by atoms with van der Waals surface area (Å²) in [5.74, 6) is -1.58. The third-order valence-electron chi connectivity index (χ3n) is 4.26. The van der Waals surface area contributed by atoms with Gasteiger partial charge in [-0.3, -0.25) is 9.59 Å². The van der Waals surface area contributed by atoms with Gasteiger partial charge in [0, 0.05) is 5.92 Å². The van der Waals surface area contributed by atoms with Gasteiger partial charge in [-0.25, -0.2) is 0 Å². The van der Waals surface area contributed by atoms with E-state index in [4.69, 9.17) is 4.74 Å². The van der Waals surface area contributed by atoms with Crippen molar-refractivity contribution in [2.75, 3.05) is 0 Å². The summed E-state index contributed by atoms with van der Waals surface area (Å²) < 4.78 is 5.52. The van der Waals surface area contributed by atoms with E-state index in [0.717, 1.165) is 16.3 Å². The van der Waals surface area contributed by atoms with Crippen LogP contribution in [0, 0.1) is 5.92 Å². The molecule has 0 amide bonds. The van der Waals surface area contributed by atoms with Crippen LogP contribution in [-0.4, -0.2) is 17.4 Å². The molecule has 0 heterocycles. The number of carbonyl (C=O) groups is 2. The van der Waals surface area contributed by atoms with Gasteiger partial charge in [0.25, 0.3) is 0 Å². The molecule has 0 bridgehead atoms. The normalized spacial score (nSPS) is 21.0. The van der Waals surface area contributed by atoms with Crippen LogP contribution < -0.4 is 0 Å². The number of carbonyl (C=O) groups excluding carboxylic acids is 2. The smallest absolute Gasteiger partial charge is 0.318 e. The average Bonchev–Trinajstić information content (AvgIpc) is 2.52. The first kappa shape index (κ1) is 16.4. The van der Waals surface area contributed by atoms with Gasteiger partial charge in [0.2, 0.25) is 0 Å². The average molecular weight is 322 g/mol. The number of esters is 1. The molecule has 0 saturated heterocycles. The zero-order chi connectivity index (χ0) is 17.3. The van der Waals surface area contributed by atoms with Crippen molar-refractivity contribution in [3.05, 3.63) is 60.2 Å². The summed E-state index contributed by atoms with van der Waals surface area (Å²) in [5.41, 5.74) is 0.420. The second-order valence-electron chi connectivity index (χ2n) is 7.23. The van der Waals surface area contributed by atoms with E-state index < -0.39 is 17.5 Å². The third-order valence-corrected chi connectivity index (χ3v) is 4.26. The molecule has 3 heteroatoms. The second-order valence-corrected chi connectivity index (χ2v) is 7.23. The molecule has 2 aromatic rings. The van der Waals surface area contributed by atoms with Crippen molar-refractivity contribution in [2.45, 2.75) is 38.7 Å². The number of fused-ring (bicyclic) bond motifs is 1. The first-order valence-corrected chi connectivity index (χ1v) is 8.28. The van der Waals surface area contributed by atoms with Crippen LogP contribution in [0.3, 0.4) is 0 Å². The van der Waals surface area contributed by atoms with Crippen molar-refractivity contribution in [2.24, 2.45) is 5.92 Å². The lowest BCUT2D eigenvalue weighted by molar-refractivity contribution is -0.162. The summed E-state index contributed by atoms with van der Waals surface area (Å²) in [4.78, 5) is 25.1. The van der Waals surface area contributed by atoms with Gasteiger partial charge in [0.1, 0.15) is 11.5 Å². The largest absolute Gasteiger partial charge is 0.459 e. The van der Waals surface area contributed by atoms with Crippen molar-refractivity contribution in [1.82, 2.24) is 0 Å². The van der Waals surface area contributed by atoms with Crippen LogP contribution in [-0.2, 0) is 14.3 Å². The van der Waals surface area contributed by atoms with Crippen LogP contribution in [0.2, 0.25) is 0 Å². The van der Waals surface area contributed by atoms with Gasteiger partial charge >= 0.3 is 5.97 Å². The number of rotatable bonds is 2. The standard InChI is InChI=1S/C21H22O3/c1-21(2,3)24-20(23)19-17(12-7-13-18(19)22)16-11-6-9-14-8-4-5-10-15(14)16/h4-11,13,17,19H,12H2,1-3H3/t17-,19-/m0/s1. The third kappa shape index (κ3) is 3.25. The lowest BCUT2D eigenvalue weighted by atomic mass is 9.76. The Morgan fingerprint density at radius 1 is 1.08 bits per heavy atom. The van der Waals surface area contributed by atoms with Crippen molar-refractivity contribution in [3.63, 3.8) is 0 Å². The molecule has 0 N–H and O–H groups in total. The van der Waals surface area contributed by atoms with Gasteiger partial charge in [-0.05, 0) is 49.6 Å². The fraction of sp³-hybridized carbons (Fsp3) is 0.333. The Balaban J connectivity index is 2.05. The molecule has 3 rings (SSSR count). The molecule has 2 atom stereocenters. The number of hydrogen-bond donors (Lipinski definition) is 0. The topological polar surface area (TPSA) is 43.4 Å². The van der Waals surface area contributed by atoms with Crippen molar-refractivity contribution in [3.8, 4) is 0 Å². The molecule has 0 aromatic heterocycles. The molecule has 124 valence electrons. The molecule has 3 nitrogen and oxygen atoms in total. The fourth-order valence-electron chi connectivity index (χ4n) is 3.29. The van der Waals surface area contributed by atoms with Gasteiger partial charge < -0.3 is 4.74 Å². The Morgan fingerprint density at radius 2 is 1.79 bits per heavy atom. The number of ether oxygens (including phenoxy) is 1. The molecule has 0 fully saturated rings. The van der Waals surface area contributed by atoms with E-state index in [1.807, 2.05) is 69.3 Å². The Hall–Kier alpha value is -2.42. The molecule has 1 aliphatic carbocycles. The van der Waals surface area contributed by atoms with Crippen molar-refractivity contribution < 1.29 is 14.3 Å². The Bertz CT molecular complexity index is 806. The molecule has 0 radical (unpaired) electrons. The summed E-state index contributed by atoms with van der Waals surface area (Å²) in [6.07, 6.45) is 4.02. The first-order chi connectivity index (χ1) is 11.4. The molecule has 0 spiro atoms. The quantitative estimate of drug-likeness (QED) is 0.607. The van der Waals surface area contributed by atoms with Crippen LogP contribution in [0.15, 0.2) is 54.6 Å². The molecule has 0 aliphatic heterocycles. The minimum absolute atomic E-state index is 0.173. The van der Waals surface area contributed by atoms with E-state index in [0.29, 0.717) is 6.42 Å². The van der Waals surface area contributed by atoms with E-state index in [-0.39, 0.29) is 11.7 Å². The zero-order valence-corrected chi connectivity index (χ0v) is 14.3. The first-order valence-electron chi connectivity index (χ1n) is 8.28. The highest BCUT2D eigenvalue weighted by molar-refractivity contribution is 6.07. The molecule has 0 unspecified atom stereocenters. The van der Waals surface area contributed by atoms with Gasteiger partial charge in [0.05, 0.1) is 0 Å². The highest BCUT2D eigenvalue weighted by Crippen LogP contribution is 2.37. The van der Waals surface area contributed by atoms with Crippen molar-refractivity contribution >= 4 is 22.5 Å². The molecular formula is C21H22O3. The number of allylic oxidation sites excluding steroid dienone is 2. The highest BCUT2D eigenvalue weighted by Gasteiger charge is 2.39. The SMILES string of the molecule is CC(C)(C)OC(=O)[C@@H]1C(=O)C=CC[C@H]1c1cccc2ccccc12. The maximum atomic E-state index is 12.7. The molecule has 2 aromatic carbocycles. The lowest BCUT2D eigenvalue weighted by Crippen LogP contribution is -2.37. The molecular weight excluding hydrogens is 300 g/mol. The predicted octanol–water partition coefficient (Wildman–Crippen LogP) is 4.41. The van der Waals surface area contributed by atoms with Crippen LogP contribution in [0.1, 0.15) is 38.7 Å². The summed E-state index contributed by atoms with van der Waals surface area (Å²) in [6, 6.07) is 14.1. The Morgan fingerprint density at radius 3 is 2.54 bits per heavy atom. The minimum atomic E-state index is -0.778. The highest BCUT2D eigenvalue weighted by atomic mass is 16.6. The maximum Gasteiger partial charge on any atom is 0.318 e. The van der Waals surface area contributed by atoms with E-state index >= 15 is 0 Å². The second kappa shape index (κ2) is 6.23. The number of ketones is 1. The predicted molar refractivity (Wildman–Crippen MR) is 94.8 cm³/mol. The molecule has 24 heavy (non-hydrogen) atoms. The van der Waals surface area contributed by atoms with Crippen LogP contribution >= 0.6 is 0 Å². The van der Waals surface area contributed by atoms with Gasteiger partial charge in [-0.15, -0.1) is 0 Å². The number of benzene rings is 2. The van der Waals surface area contributed by atoms with E-state index in [1.165, 1.54) is 6.08 Å². The zero-order valence-electron chi connectivity index (χ0n) is 14.3. The molecule has 1 aliphatic rings. The van der Waals surface area contributed by atoms with Gasteiger partial charge in [-0.1, -0.05) is 48.5 Å². The van der Waals surface area contributed by atoms with E-state index in [2.05, 4.69) is 0 Å². The summed E-state index contributed by atoms with van der Waals surface area (Å²) in [6.45, 7) is 5.46. The Kier molecular flexibility index (Phi) is 4.27. The van der Waals surface area contributed by atoms with Crippen LogP contribution in [0.4, 0.5) is 0 Å². The van der Waals surface area contributed by atoms with Crippen molar-refractivity contribution in [1.29, 1.82) is 0 Å². The minimum Gasteiger partial charge on any atom is -0.459 e. The van der Waals surface area contributed by atoms with Gasteiger partial charge in [0.15, 0.2) is 5.78 Å². The fourth-order valence-corrected chi connectivity index (χ4v) is 3.29. The van der Waals surface area contributed by atoms with E-state index in [1.54, 1.807) is 0 Å². The summed E-state index contributed by atoms with van der Waals surface area (Å²) in [7, 11) is 0. The van der Waals surface area contributed by atoms with Crippen LogP contribution in [0.25, 0.3) is 10.8 Å².